The molecule has 0 fully saturated rings. The number of amides is 1. The second-order valence-corrected chi connectivity index (χ2v) is 7.46. The van der Waals surface area contributed by atoms with E-state index in [9.17, 15) is 4.79 Å². The van der Waals surface area contributed by atoms with E-state index in [2.05, 4.69) is 20.4 Å². The van der Waals surface area contributed by atoms with E-state index in [1.807, 2.05) is 42.6 Å². The number of aryl methyl sites for hydroxylation is 1. The van der Waals surface area contributed by atoms with Crippen LogP contribution in [-0.4, -0.2) is 25.7 Å². The predicted molar refractivity (Wildman–Crippen MR) is 117 cm³/mol. The summed E-state index contributed by atoms with van der Waals surface area (Å²) >= 11 is 1.61. The van der Waals surface area contributed by atoms with E-state index in [1.54, 1.807) is 52.8 Å². The highest BCUT2D eigenvalue weighted by Crippen LogP contribution is 2.16. The average Bonchev–Trinajstić information content (AvgIpc) is 3.44. The van der Waals surface area contributed by atoms with Crippen LogP contribution >= 0.6 is 11.3 Å². The number of pyridine rings is 1. The molecule has 0 bridgehead atoms. The number of aromatic nitrogens is 4. The summed E-state index contributed by atoms with van der Waals surface area (Å²) in [6, 6.07) is 12.9. The fourth-order valence-corrected chi connectivity index (χ4v) is 3.26. The minimum atomic E-state index is -0.233. The minimum Gasteiger partial charge on any atom is -0.487 e. The van der Waals surface area contributed by atoms with Crippen LogP contribution in [0, 0.1) is 6.92 Å². The van der Waals surface area contributed by atoms with Gasteiger partial charge in [0.15, 0.2) is 5.82 Å². The van der Waals surface area contributed by atoms with Crippen LogP contribution in [0.2, 0.25) is 0 Å². The lowest BCUT2D eigenvalue weighted by Crippen LogP contribution is -2.08. The Labute approximate surface area is 177 Å². The lowest BCUT2D eigenvalue weighted by Gasteiger charge is -2.05. The predicted octanol–water partition coefficient (Wildman–Crippen LogP) is 4.26. The van der Waals surface area contributed by atoms with Gasteiger partial charge in [-0.2, -0.15) is 5.10 Å². The zero-order chi connectivity index (χ0) is 20.8. The van der Waals surface area contributed by atoms with E-state index >= 15 is 0 Å². The van der Waals surface area contributed by atoms with Gasteiger partial charge in [-0.25, -0.2) is 14.6 Å². The van der Waals surface area contributed by atoms with Crippen molar-refractivity contribution in [1.82, 2.24) is 19.7 Å². The molecule has 3 heterocycles. The number of anilines is 1. The monoisotopic (exact) mass is 417 g/mol. The number of carbonyl (C=O) groups is 1. The number of hydrogen-bond donors (Lipinski definition) is 1. The quantitative estimate of drug-likeness (QED) is 0.454. The van der Waals surface area contributed by atoms with Gasteiger partial charge in [0.05, 0.1) is 22.6 Å². The Kier molecular flexibility index (Phi) is 5.95. The van der Waals surface area contributed by atoms with Crippen LogP contribution in [0.15, 0.2) is 72.5 Å². The van der Waals surface area contributed by atoms with Crippen LogP contribution in [0.5, 0.6) is 5.75 Å². The second kappa shape index (κ2) is 9.15. The fraction of sp³-hybridized carbons (Fsp3) is 0.0909. The molecule has 30 heavy (non-hydrogen) atoms. The Morgan fingerprint density at radius 1 is 1.23 bits per heavy atom. The average molecular weight is 417 g/mol. The first kappa shape index (κ1) is 19.5. The number of nitrogens with one attached hydrogen (secondary N) is 1. The molecule has 8 heteroatoms. The number of nitrogens with zero attached hydrogens (tertiary/aromatic N) is 4. The largest absolute Gasteiger partial charge is 0.487 e. The zero-order valence-electron chi connectivity index (χ0n) is 16.2. The third kappa shape index (κ3) is 5.18. The summed E-state index contributed by atoms with van der Waals surface area (Å²) in [6.45, 7) is 2.41. The van der Waals surface area contributed by atoms with Gasteiger partial charge in [0, 0.05) is 23.8 Å². The molecule has 3 aromatic heterocycles. The van der Waals surface area contributed by atoms with Gasteiger partial charge in [0.2, 0.25) is 5.91 Å². The fourth-order valence-electron chi connectivity index (χ4n) is 2.66. The van der Waals surface area contributed by atoms with Crippen LogP contribution in [-0.2, 0) is 11.4 Å². The molecule has 0 aliphatic carbocycles. The van der Waals surface area contributed by atoms with Crippen LogP contribution in [0.3, 0.4) is 0 Å². The van der Waals surface area contributed by atoms with Crippen molar-refractivity contribution in [2.45, 2.75) is 13.5 Å². The second-order valence-electron chi connectivity index (χ2n) is 6.39. The van der Waals surface area contributed by atoms with E-state index < -0.39 is 0 Å². The molecule has 0 radical (unpaired) electrons. The molecule has 150 valence electrons. The van der Waals surface area contributed by atoms with Crippen molar-refractivity contribution in [3.05, 3.63) is 88.8 Å². The standard InChI is InChI=1S/C22H19N5O2S/c1-16-25-19(15-30-16)14-29-20-7-3-17(4-8-20)5-10-22(28)26-18-6-9-21(23-13-18)27-12-2-11-24-27/h2-13,15H,14H2,1H3,(H,26,28). The van der Waals surface area contributed by atoms with Gasteiger partial charge in [-0.05, 0) is 48.9 Å². The first-order valence-electron chi connectivity index (χ1n) is 9.25. The maximum absolute atomic E-state index is 12.2. The topological polar surface area (TPSA) is 81.9 Å². The Balaban J connectivity index is 1.29. The number of thiazole rings is 1. The Morgan fingerprint density at radius 3 is 2.77 bits per heavy atom. The Hall–Kier alpha value is -3.78. The molecule has 0 saturated heterocycles. The summed E-state index contributed by atoms with van der Waals surface area (Å²) in [7, 11) is 0. The summed E-state index contributed by atoms with van der Waals surface area (Å²) in [4.78, 5) is 20.8. The highest BCUT2D eigenvalue weighted by atomic mass is 32.1. The van der Waals surface area contributed by atoms with Crippen molar-refractivity contribution in [1.29, 1.82) is 0 Å². The van der Waals surface area contributed by atoms with E-state index in [4.69, 9.17) is 4.74 Å². The van der Waals surface area contributed by atoms with Gasteiger partial charge in [-0.3, -0.25) is 4.79 Å². The summed E-state index contributed by atoms with van der Waals surface area (Å²) in [5, 5.41) is 9.92. The zero-order valence-corrected chi connectivity index (χ0v) is 17.0. The van der Waals surface area contributed by atoms with Gasteiger partial charge in [0.1, 0.15) is 12.4 Å². The molecule has 0 atom stereocenters. The smallest absolute Gasteiger partial charge is 0.248 e. The third-order valence-electron chi connectivity index (χ3n) is 4.12. The number of ether oxygens (including phenoxy) is 1. The molecule has 0 saturated carbocycles. The maximum atomic E-state index is 12.2. The minimum absolute atomic E-state index is 0.233. The summed E-state index contributed by atoms with van der Waals surface area (Å²) in [5.41, 5.74) is 2.43. The molecular weight excluding hydrogens is 398 g/mol. The van der Waals surface area contributed by atoms with Crippen LogP contribution in [0.1, 0.15) is 16.3 Å². The highest BCUT2D eigenvalue weighted by Gasteiger charge is 2.02. The van der Waals surface area contributed by atoms with Crippen molar-refractivity contribution in [3.8, 4) is 11.6 Å². The third-order valence-corrected chi connectivity index (χ3v) is 4.94. The maximum Gasteiger partial charge on any atom is 0.248 e. The lowest BCUT2D eigenvalue weighted by molar-refractivity contribution is -0.111. The van der Waals surface area contributed by atoms with Crippen LogP contribution in [0.25, 0.3) is 11.9 Å². The Morgan fingerprint density at radius 2 is 2.10 bits per heavy atom. The summed E-state index contributed by atoms with van der Waals surface area (Å²) in [6.07, 6.45) is 8.31. The van der Waals surface area contributed by atoms with E-state index in [0.29, 0.717) is 18.1 Å². The van der Waals surface area contributed by atoms with Gasteiger partial charge in [-0.1, -0.05) is 12.1 Å². The molecule has 1 N–H and O–H groups in total. The number of rotatable bonds is 7. The summed E-state index contributed by atoms with van der Waals surface area (Å²) in [5.74, 6) is 1.20. The molecule has 1 amide bonds. The highest BCUT2D eigenvalue weighted by molar-refractivity contribution is 7.09. The van der Waals surface area contributed by atoms with E-state index in [1.165, 1.54) is 6.08 Å². The Bertz CT molecular complexity index is 1130. The molecule has 0 aliphatic rings. The lowest BCUT2D eigenvalue weighted by atomic mass is 10.2. The molecule has 0 unspecified atom stereocenters. The SMILES string of the molecule is Cc1nc(COc2ccc(C=CC(=O)Nc3ccc(-n4cccn4)nc3)cc2)cs1. The van der Waals surface area contributed by atoms with Crippen molar-refractivity contribution in [3.63, 3.8) is 0 Å². The number of carbonyl (C=O) groups excluding carboxylic acids is 1. The molecule has 7 nitrogen and oxygen atoms in total. The van der Waals surface area contributed by atoms with Crippen LogP contribution < -0.4 is 10.1 Å². The first-order valence-corrected chi connectivity index (χ1v) is 10.1. The van der Waals surface area contributed by atoms with E-state index in [-0.39, 0.29) is 5.91 Å². The van der Waals surface area contributed by atoms with Gasteiger partial charge < -0.3 is 10.1 Å². The molecule has 1 aromatic carbocycles. The molecule has 0 spiro atoms. The van der Waals surface area contributed by atoms with Crippen molar-refractivity contribution in [2.75, 3.05) is 5.32 Å². The normalized spacial score (nSPS) is 11.0. The van der Waals surface area contributed by atoms with Gasteiger partial charge in [-0.15, -0.1) is 11.3 Å². The van der Waals surface area contributed by atoms with Gasteiger partial charge in [0.25, 0.3) is 0 Å². The molecular formula is C22H19N5O2S. The number of hydrogen-bond acceptors (Lipinski definition) is 6. The van der Waals surface area contributed by atoms with E-state index in [0.717, 1.165) is 22.0 Å². The van der Waals surface area contributed by atoms with Crippen molar-refractivity contribution < 1.29 is 9.53 Å². The molecule has 0 aliphatic heterocycles. The van der Waals surface area contributed by atoms with Crippen molar-refractivity contribution in [2.24, 2.45) is 0 Å². The summed E-state index contributed by atoms with van der Waals surface area (Å²) < 4.78 is 7.38. The van der Waals surface area contributed by atoms with Gasteiger partial charge >= 0.3 is 0 Å². The molecule has 4 aromatic rings. The number of benzene rings is 1. The van der Waals surface area contributed by atoms with Crippen LogP contribution in [0.4, 0.5) is 5.69 Å². The first-order chi connectivity index (χ1) is 14.7. The molecule has 4 rings (SSSR count). The van der Waals surface area contributed by atoms with Crippen molar-refractivity contribution >= 4 is 29.0 Å².